The number of aromatic nitrogens is 2. The molecule has 2 atom stereocenters. The fourth-order valence-electron chi connectivity index (χ4n) is 4.03. The second kappa shape index (κ2) is 13.2. The van der Waals surface area contributed by atoms with Gasteiger partial charge in [-0.1, -0.05) is 36.4 Å². The zero-order chi connectivity index (χ0) is 33.8. The first kappa shape index (κ1) is 36.0. The molecule has 1 fully saturated rings. The predicted molar refractivity (Wildman–Crippen MR) is 143 cm³/mol. The molecule has 5 N–H and O–H groups in total. The average Bonchev–Trinajstić information content (AvgIpc) is 3.41. The Kier molecular flexibility index (Phi) is 10.8. The summed E-state index contributed by atoms with van der Waals surface area (Å²) < 4.78 is 90.4. The smallest absolute Gasteiger partial charge is 0.475 e. The van der Waals surface area contributed by atoms with Gasteiger partial charge >= 0.3 is 24.3 Å². The number of imidazole rings is 1. The number of alkyl halides is 6. The van der Waals surface area contributed by atoms with Gasteiger partial charge in [0, 0.05) is 0 Å². The number of hydrogen-bond donors (Lipinski definition) is 4. The van der Waals surface area contributed by atoms with Crippen LogP contribution in [-0.4, -0.2) is 68.6 Å². The molecule has 44 heavy (non-hydrogen) atoms. The number of sulfonamides is 1. The Hall–Kier alpha value is -4.19. The van der Waals surface area contributed by atoms with Gasteiger partial charge in [-0.3, -0.25) is 4.79 Å². The molecule has 1 amide bonds. The summed E-state index contributed by atoms with van der Waals surface area (Å²) >= 11 is 0. The van der Waals surface area contributed by atoms with Crippen molar-refractivity contribution in [3.63, 3.8) is 0 Å². The molecule has 1 saturated heterocycles. The van der Waals surface area contributed by atoms with Crippen molar-refractivity contribution >= 4 is 38.9 Å². The van der Waals surface area contributed by atoms with Crippen LogP contribution in [0.1, 0.15) is 55.4 Å². The number of nitrogens with zero attached hydrogens (tertiary/aromatic N) is 2. The number of rotatable bonds is 4. The summed E-state index contributed by atoms with van der Waals surface area (Å²) in [7, 11) is -3.74. The van der Waals surface area contributed by atoms with Crippen LogP contribution in [0.3, 0.4) is 0 Å². The number of aliphatic carboxylic acids is 2. The SMILES string of the molecule is CC(C)(C)N1C(=O)CC(c2ccc(C[C@H](N)c3nc4ccccc4[nH]3)cc2)S1(=O)=O.O=C(O)C(F)(F)F.O=C(O)C(F)(F)F. The van der Waals surface area contributed by atoms with E-state index < -0.39 is 45.1 Å². The third-order valence-corrected chi connectivity index (χ3v) is 8.28. The maximum Gasteiger partial charge on any atom is 0.490 e. The molecule has 0 spiro atoms. The second-order valence-electron chi connectivity index (χ2n) is 10.4. The van der Waals surface area contributed by atoms with Crippen LogP contribution >= 0.6 is 0 Å². The van der Waals surface area contributed by atoms with Crippen LogP contribution in [0.4, 0.5) is 26.3 Å². The van der Waals surface area contributed by atoms with E-state index in [1.807, 2.05) is 36.4 Å². The largest absolute Gasteiger partial charge is 0.490 e. The average molecular weight is 655 g/mol. The van der Waals surface area contributed by atoms with E-state index in [0.29, 0.717) is 17.8 Å². The van der Waals surface area contributed by atoms with Crippen molar-refractivity contribution < 1.29 is 59.4 Å². The summed E-state index contributed by atoms with van der Waals surface area (Å²) in [6.07, 6.45) is -9.64. The number of nitrogens with two attached hydrogens (primary N) is 1. The summed E-state index contributed by atoms with van der Waals surface area (Å²) in [5.74, 6) is -5.16. The highest BCUT2D eigenvalue weighted by atomic mass is 32.2. The summed E-state index contributed by atoms with van der Waals surface area (Å²) in [5, 5.41) is 13.4. The van der Waals surface area contributed by atoms with E-state index in [2.05, 4.69) is 9.97 Å². The van der Waals surface area contributed by atoms with Crippen molar-refractivity contribution in [1.82, 2.24) is 14.3 Å². The lowest BCUT2D eigenvalue weighted by atomic mass is 10.0. The lowest BCUT2D eigenvalue weighted by Crippen LogP contribution is -2.45. The summed E-state index contributed by atoms with van der Waals surface area (Å²) in [6, 6.07) is 14.8. The van der Waals surface area contributed by atoms with Gasteiger partial charge in [0.15, 0.2) is 0 Å². The van der Waals surface area contributed by atoms with Crippen molar-refractivity contribution in [2.45, 2.75) is 62.8 Å². The van der Waals surface area contributed by atoms with E-state index in [-0.39, 0.29) is 18.4 Å². The highest BCUT2D eigenvalue weighted by Crippen LogP contribution is 2.40. The zero-order valence-corrected chi connectivity index (χ0v) is 24.1. The van der Waals surface area contributed by atoms with Crippen LogP contribution in [0.15, 0.2) is 48.5 Å². The molecule has 1 aliphatic heterocycles. The second-order valence-corrected chi connectivity index (χ2v) is 12.3. The van der Waals surface area contributed by atoms with E-state index in [1.54, 1.807) is 32.9 Å². The lowest BCUT2D eigenvalue weighted by Gasteiger charge is -2.30. The van der Waals surface area contributed by atoms with Gasteiger partial charge in [0.25, 0.3) is 0 Å². The quantitative estimate of drug-likeness (QED) is 0.295. The van der Waals surface area contributed by atoms with Crippen molar-refractivity contribution in [3.8, 4) is 0 Å². The van der Waals surface area contributed by atoms with Crippen LogP contribution < -0.4 is 5.73 Å². The van der Waals surface area contributed by atoms with Gasteiger partial charge in [-0.2, -0.15) is 26.3 Å². The van der Waals surface area contributed by atoms with Gasteiger partial charge in [-0.15, -0.1) is 0 Å². The Balaban J connectivity index is 0.000000402. The number of aromatic amines is 1. The molecule has 1 aliphatic rings. The zero-order valence-electron chi connectivity index (χ0n) is 23.3. The highest BCUT2D eigenvalue weighted by molar-refractivity contribution is 7.90. The predicted octanol–water partition coefficient (Wildman–Crippen LogP) is 4.47. The number of halogens is 6. The number of hydrogen-bond acceptors (Lipinski definition) is 7. The molecule has 4 rings (SSSR count). The molecular weight excluding hydrogens is 626 g/mol. The fourth-order valence-corrected chi connectivity index (χ4v) is 6.26. The Morgan fingerprint density at radius 2 is 1.45 bits per heavy atom. The number of carbonyl (C=O) groups is 3. The number of H-pyrrole nitrogens is 1. The molecule has 242 valence electrons. The topological polar surface area (TPSA) is 184 Å². The van der Waals surface area contributed by atoms with Crippen molar-refractivity contribution in [2.75, 3.05) is 0 Å². The van der Waals surface area contributed by atoms with E-state index in [1.165, 1.54) is 0 Å². The number of carboxylic acid groups (broad SMARTS) is 2. The molecule has 1 unspecified atom stereocenters. The molecule has 2 aromatic carbocycles. The standard InChI is InChI=1S/C22H26N4O3S.2C2HF3O2/c1-22(2,3)26-20(27)13-19(30(26,28)29)15-10-8-14(9-11-15)12-16(23)21-24-17-6-4-5-7-18(17)25-21;2*3-2(4,5)1(6)7/h4-11,16,19H,12-13,23H2,1-3H3,(H,24,25);2*(H,6,7)/t16-,19?;;/m0../s1. The minimum Gasteiger partial charge on any atom is -0.475 e. The molecule has 0 bridgehead atoms. The van der Waals surface area contributed by atoms with Crippen molar-refractivity contribution in [1.29, 1.82) is 0 Å². The number of para-hydroxylation sites is 2. The van der Waals surface area contributed by atoms with E-state index in [9.17, 15) is 39.6 Å². The van der Waals surface area contributed by atoms with Gasteiger partial charge < -0.3 is 20.9 Å². The number of fused-ring (bicyclic) bond motifs is 1. The monoisotopic (exact) mass is 654 g/mol. The number of benzene rings is 2. The number of carboxylic acids is 2. The minimum absolute atomic E-state index is 0.0303. The number of carbonyl (C=O) groups excluding carboxylic acids is 1. The molecular formula is C26H28F6N4O7S. The third kappa shape index (κ3) is 9.15. The van der Waals surface area contributed by atoms with Crippen LogP contribution in [0.25, 0.3) is 11.0 Å². The normalized spacial score (nSPS) is 17.3. The summed E-state index contributed by atoms with van der Waals surface area (Å²) in [5.41, 5.74) is 8.97. The van der Waals surface area contributed by atoms with Crippen LogP contribution in [0.2, 0.25) is 0 Å². The molecule has 11 nitrogen and oxygen atoms in total. The van der Waals surface area contributed by atoms with Gasteiger partial charge in [0.1, 0.15) is 11.1 Å². The number of amides is 1. The first-order chi connectivity index (χ1) is 20.0. The molecule has 0 aliphatic carbocycles. The first-order valence-electron chi connectivity index (χ1n) is 12.4. The van der Waals surface area contributed by atoms with Gasteiger partial charge in [0.2, 0.25) is 15.9 Å². The lowest BCUT2D eigenvalue weighted by molar-refractivity contribution is -0.193. The van der Waals surface area contributed by atoms with Crippen LogP contribution in [-0.2, 0) is 30.8 Å². The van der Waals surface area contributed by atoms with Crippen LogP contribution in [0, 0.1) is 0 Å². The Labute approximate surface area is 246 Å². The maximum absolute atomic E-state index is 13.0. The van der Waals surface area contributed by atoms with Gasteiger partial charge in [-0.05, 0) is 50.5 Å². The van der Waals surface area contributed by atoms with Crippen molar-refractivity contribution in [3.05, 3.63) is 65.5 Å². The van der Waals surface area contributed by atoms with Gasteiger partial charge in [0.05, 0.1) is 29.0 Å². The summed E-state index contributed by atoms with van der Waals surface area (Å²) in [6.45, 7) is 5.19. The fraction of sp³-hybridized carbons (Fsp3) is 0.385. The number of nitrogens with one attached hydrogen (secondary N) is 1. The minimum atomic E-state index is -5.08. The Bertz CT molecular complexity index is 1540. The van der Waals surface area contributed by atoms with Gasteiger partial charge in [-0.25, -0.2) is 27.3 Å². The summed E-state index contributed by atoms with van der Waals surface area (Å²) in [4.78, 5) is 38.0. The highest BCUT2D eigenvalue weighted by Gasteiger charge is 2.49. The Morgan fingerprint density at radius 3 is 1.86 bits per heavy atom. The van der Waals surface area contributed by atoms with E-state index in [4.69, 9.17) is 25.5 Å². The first-order valence-corrected chi connectivity index (χ1v) is 13.9. The molecule has 2 heterocycles. The van der Waals surface area contributed by atoms with E-state index in [0.717, 1.165) is 20.9 Å². The van der Waals surface area contributed by atoms with E-state index >= 15 is 0 Å². The molecule has 1 aromatic heterocycles. The molecule has 0 radical (unpaired) electrons. The van der Waals surface area contributed by atoms with Crippen LogP contribution in [0.5, 0.6) is 0 Å². The molecule has 0 saturated carbocycles. The molecule has 18 heteroatoms. The maximum atomic E-state index is 13.0. The third-order valence-electron chi connectivity index (χ3n) is 5.86. The molecule has 3 aromatic rings. The van der Waals surface area contributed by atoms with Crippen molar-refractivity contribution in [2.24, 2.45) is 5.73 Å². The Morgan fingerprint density at radius 1 is 0.977 bits per heavy atom.